The SMILES string of the molecule is COc1ccc2c(c1)CN(C(=O)c1cc3c(C)cc(F)cc3[nH]1)CC2. The number of aromatic nitrogens is 1. The highest BCUT2D eigenvalue weighted by molar-refractivity contribution is 5.99. The number of amides is 1. The van der Waals surface area contributed by atoms with Gasteiger partial charge in [0.1, 0.15) is 17.3 Å². The lowest BCUT2D eigenvalue weighted by molar-refractivity contribution is 0.0729. The molecule has 0 saturated heterocycles. The molecule has 0 unspecified atom stereocenters. The number of hydrogen-bond acceptors (Lipinski definition) is 2. The number of fused-ring (bicyclic) bond motifs is 2. The Morgan fingerprint density at radius 2 is 2.04 bits per heavy atom. The summed E-state index contributed by atoms with van der Waals surface area (Å²) >= 11 is 0. The van der Waals surface area contributed by atoms with Gasteiger partial charge in [0.25, 0.3) is 5.91 Å². The van der Waals surface area contributed by atoms with E-state index in [0.29, 0.717) is 24.3 Å². The summed E-state index contributed by atoms with van der Waals surface area (Å²) in [5.74, 6) is 0.430. The minimum Gasteiger partial charge on any atom is -0.497 e. The van der Waals surface area contributed by atoms with Gasteiger partial charge in [-0.2, -0.15) is 0 Å². The number of hydrogen-bond donors (Lipinski definition) is 1. The van der Waals surface area contributed by atoms with Gasteiger partial charge in [-0.15, -0.1) is 0 Å². The average Bonchev–Trinajstić information content (AvgIpc) is 3.04. The van der Waals surface area contributed by atoms with Crippen LogP contribution in [0.5, 0.6) is 5.75 Å². The van der Waals surface area contributed by atoms with Crippen LogP contribution in [0.2, 0.25) is 0 Å². The maximum Gasteiger partial charge on any atom is 0.270 e. The van der Waals surface area contributed by atoms with Crippen LogP contribution in [0.1, 0.15) is 27.2 Å². The number of H-pyrrole nitrogens is 1. The van der Waals surface area contributed by atoms with E-state index >= 15 is 0 Å². The van der Waals surface area contributed by atoms with Crippen molar-refractivity contribution in [1.82, 2.24) is 9.88 Å². The number of carbonyl (C=O) groups excluding carboxylic acids is 1. The van der Waals surface area contributed by atoms with E-state index < -0.39 is 0 Å². The van der Waals surface area contributed by atoms with Crippen molar-refractivity contribution in [2.24, 2.45) is 0 Å². The van der Waals surface area contributed by atoms with Crippen molar-refractivity contribution in [2.75, 3.05) is 13.7 Å². The molecular weight excluding hydrogens is 319 g/mol. The molecule has 4 nitrogen and oxygen atoms in total. The fourth-order valence-electron chi connectivity index (χ4n) is 3.49. The van der Waals surface area contributed by atoms with E-state index in [0.717, 1.165) is 28.7 Å². The number of halogens is 1. The molecule has 128 valence electrons. The largest absolute Gasteiger partial charge is 0.497 e. The minimum absolute atomic E-state index is 0.0653. The van der Waals surface area contributed by atoms with E-state index in [1.165, 1.54) is 17.7 Å². The number of benzene rings is 2. The first-order chi connectivity index (χ1) is 12.0. The van der Waals surface area contributed by atoms with Crippen LogP contribution in [-0.4, -0.2) is 29.4 Å². The van der Waals surface area contributed by atoms with Crippen LogP contribution in [0, 0.1) is 12.7 Å². The molecule has 25 heavy (non-hydrogen) atoms. The quantitative estimate of drug-likeness (QED) is 0.772. The topological polar surface area (TPSA) is 45.3 Å². The second kappa shape index (κ2) is 5.92. The first-order valence-electron chi connectivity index (χ1n) is 8.29. The highest BCUT2D eigenvalue weighted by atomic mass is 19.1. The highest BCUT2D eigenvalue weighted by Gasteiger charge is 2.23. The number of aryl methyl sites for hydroxylation is 1. The molecule has 3 aromatic rings. The summed E-state index contributed by atoms with van der Waals surface area (Å²) in [7, 11) is 1.64. The van der Waals surface area contributed by atoms with Gasteiger partial charge in [0.05, 0.1) is 7.11 Å². The molecule has 1 aromatic heterocycles. The van der Waals surface area contributed by atoms with E-state index in [4.69, 9.17) is 4.74 Å². The summed E-state index contributed by atoms with van der Waals surface area (Å²) in [6.45, 7) is 3.06. The molecule has 2 heterocycles. The van der Waals surface area contributed by atoms with E-state index in [-0.39, 0.29) is 11.7 Å². The third kappa shape index (κ3) is 2.76. The molecule has 0 bridgehead atoms. The first kappa shape index (κ1) is 15.7. The van der Waals surface area contributed by atoms with Crippen LogP contribution in [0.25, 0.3) is 10.9 Å². The zero-order valence-electron chi connectivity index (χ0n) is 14.2. The second-order valence-electron chi connectivity index (χ2n) is 6.48. The fourth-order valence-corrected chi connectivity index (χ4v) is 3.49. The zero-order valence-corrected chi connectivity index (χ0v) is 14.2. The number of nitrogens with one attached hydrogen (secondary N) is 1. The molecule has 1 amide bonds. The van der Waals surface area contributed by atoms with Crippen molar-refractivity contribution in [3.63, 3.8) is 0 Å². The lowest BCUT2D eigenvalue weighted by Gasteiger charge is -2.28. The van der Waals surface area contributed by atoms with Crippen molar-refractivity contribution in [2.45, 2.75) is 19.9 Å². The third-order valence-electron chi connectivity index (χ3n) is 4.85. The lowest BCUT2D eigenvalue weighted by Crippen LogP contribution is -2.36. The molecule has 1 aliphatic heterocycles. The van der Waals surface area contributed by atoms with Crippen LogP contribution in [0.3, 0.4) is 0 Å². The summed E-state index contributed by atoms with van der Waals surface area (Å²) < 4.78 is 18.9. The molecule has 0 fully saturated rings. The highest BCUT2D eigenvalue weighted by Crippen LogP contribution is 2.26. The van der Waals surface area contributed by atoms with Crippen LogP contribution >= 0.6 is 0 Å². The lowest BCUT2D eigenvalue weighted by atomic mass is 9.99. The maximum absolute atomic E-state index is 13.6. The first-order valence-corrected chi connectivity index (χ1v) is 8.29. The minimum atomic E-state index is -0.301. The number of methoxy groups -OCH3 is 1. The molecule has 0 radical (unpaired) electrons. The van der Waals surface area contributed by atoms with Gasteiger partial charge in [0.15, 0.2) is 0 Å². The number of nitrogens with zero attached hydrogens (tertiary/aromatic N) is 1. The second-order valence-corrected chi connectivity index (χ2v) is 6.48. The smallest absolute Gasteiger partial charge is 0.270 e. The standard InChI is InChI=1S/C20H19FN2O2/c1-12-7-15(21)9-18-17(12)10-19(22-18)20(24)23-6-5-13-3-4-16(25-2)8-14(13)11-23/h3-4,7-10,22H,5-6,11H2,1-2H3. The van der Waals surface area contributed by atoms with Crippen molar-refractivity contribution >= 4 is 16.8 Å². The van der Waals surface area contributed by atoms with E-state index in [1.807, 2.05) is 30.0 Å². The number of rotatable bonds is 2. The van der Waals surface area contributed by atoms with E-state index in [2.05, 4.69) is 11.1 Å². The Hall–Kier alpha value is -2.82. The van der Waals surface area contributed by atoms with Crippen molar-refractivity contribution in [3.05, 3.63) is 64.6 Å². The Labute approximate surface area is 145 Å². The Morgan fingerprint density at radius 3 is 2.84 bits per heavy atom. The van der Waals surface area contributed by atoms with E-state index in [9.17, 15) is 9.18 Å². The van der Waals surface area contributed by atoms with Crippen LogP contribution in [0.4, 0.5) is 4.39 Å². The molecule has 1 aliphatic rings. The van der Waals surface area contributed by atoms with Gasteiger partial charge in [0, 0.05) is 24.0 Å². The Bertz CT molecular complexity index is 977. The van der Waals surface area contributed by atoms with Crippen LogP contribution in [0.15, 0.2) is 36.4 Å². The van der Waals surface area contributed by atoms with Crippen LogP contribution < -0.4 is 4.74 Å². The molecule has 5 heteroatoms. The van der Waals surface area contributed by atoms with Gasteiger partial charge >= 0.3 is 0 Å². The summed E-state index contributed by atoms with van der Waals surface area (Å²) in [5, 5.41) is 0.879. The fraction of sp³-hybridized carbons (Fsp3) is 0.250. The normalized spacial score (nSPS) is 13.8. The third-order valence-corrected chi connectivity index (χ3v) is 4.85. The van der Waals surface area contributed by atoms with Crippen molar-refractivity contribution < 1.29 is 13.9 Å². The summed E-state index contributed by atoms with van der Waals surface area (Å²) in [6.07, 6.45) is 0.818. The van der Waals surface area contributed by atoms with Crippen LogP contribution in [-0.2, 0) is 13.0 Å². The van der Waals surface area contributed by atoms with Gasteiger partial charge in [0.2, 0.25) is 0 Å². The molecule has 0 aliphatic carbocycles. The number of aromatic amines is 1. The molecule has 0 saturated carbocycles. The summed E-state index contributed by atoms with van der Waals surface area (Å²) in [4.78, 5) is 17.8. The van der Waals surface area contributed by atoms with Gasteiger partial charge in [-0.1, -0.05) is 6.07 Å². The van der Waals surface area contributed by atoms with Gasteiger partial charge in [-0.3, -0.25) is 4.79 Å². The van der Waals surface area contributed by atoms with E-state index in [1.54, 1.807) is 7.11 Å². The Morgan fingerprint density at radius 1 is 1.20 bits per heavy atom. The molecule has 1 N–H and O–H groups in total. The zero-order chi connectivity index (χ0) is 17.6. The number of carbonyl (C=O) groups is 1. The van der Waals surface area contributed by atoms with Gasteiger partial charge < -0.3 is 14.6 Å². The molecule has 2 aromatic carbocycles. The van der Waals surface area contributed by atoms with Gasteiger partial charge in [-0.05, 0) is 60.4 Å². The average molecular weight is 338 g/mol. The molecule has 0 atom stereocenters. The van der Waals surface area contributed by atoms with Crippen molar-refractivity contribution in [1.29, 1.82) is 0 Å². The Kier molecular flexibility index (Phi) is 3.71. The maximum atomic E-state index is 13.6. The Balaban J connectivity index is 1.64. The predicted octanol–water partition coefficient (Wildman–Crippen LogP) is 3.82. The summed E-state index contributed by atoms with van der Waals surface area (Å²) in [6, 6.07) is 10.7. The number of ether oxygens (including phenoxy) is 1. The monoisotopic (exact) mass is 338 g/mol. The predicted molar refractivity (Wildman–Crippen MR) is 94.4 cm³/mol. The van der Waals surface area contributed by atoms with Crippen molar-refractivity contribution in [3.8, 4) is 5.75 Å². The molecule has 4 rings (SSSR count). The van der Waals surface area contributed by atoms with Gasteiger partial charge in [-0.25, -0.2) is 4.39 Å². The molecule has 0 spiro atoms. The summed E-state index contributed by atoms with van der Waals surface area (Å²) in [5.41, 5.74) is 4.32. The molecular formula is C20H19FN2O2.